The van der Waals surface area contributed by atoms with E-state index in [1.54, 1.807) is 11.9 Å². The Labute approximate surface area is 160 Å². The molecule has 3 nitrogen and oxygen atoms in total. The molecule has 0 aromatic heterocycles. The minimum atomic E-state index is -0.0522. The second-order valence-corrected chi connectivity index (χ2v) is 6.98. The van der Waals surface area contributed by atoms with Gasteiger partial charge in [-0.05, 0) is 29.2 Å². The van der Waals surface area contributed by atoms with Gasteiger partial charge in [0.2, 0.25) is 5.91 Å². The molecule has 0 saturated heterocycles. The van der Waals surface area contributed by atoms with Gasteiger partial charge in [0.25, 0.3) is 0 Å². The van der Waals surface area contributed by atoms with Crippen molar-refractivity contribution in [2.24, 2.45) is 5.10 Å². The molecule has 0 spiro atoms. The summed E-state index contributed by atoms with van der Waals surface area (Å²) in [5.41, 5.74) is 6.73. The first-order chi connectivity index (χ1) is 13.1. The molecule has 1 aliphatic heterocycles. The van der Waals surface area contributed by atoms with Crippen LogP contribution in [-0.4, -0.2) is 16.6 Å². The maximum absolute atomic E-state index is 12.2. The summed E-state index contributed by atoms with van der Waals surface area (Å²) in [5.74, 6) is -0.0331. The van der Waals surface area contributed by atoms with E-state index in [0.717, 1.165) is 23.3 Å². The Kier molecular flexibility index (Phi) is 4.59. The molecule has 0 N–H and O–H groups in total. The fraction of sp³-hybridized carbons (Fsp3) is 0.167. The van der Waals surface area contributed by atoms with Crippen molar-refractivity contribution in [3.63, 3.8) is 0 Å². The minimum Gasteiger partial charge on any atom is -0.273 e. The highest BCUT2D eigenvalue weighted by atomic mass is 16.2. The lowest BCUT2D eigenvalue weighted by atomic mass is 9.96. The number of hydrogen-bond donors (Lipinski definition) is 0. The summed E-state index contributed by atoms with van der Waals surface area (Å²) in [6.45, 7) is 3.64. The topological polar surface area (TPSA) is 32.7 Å². The van der Waals surface area contributed by atoms with Crippen LogP contribution in [0.15, 0.2) is 84.0 Å². The average molecular weight is 354 g/mol. The molecular weight excluding hydrogens is 332 g/mol. The van der Waals surface area contributed by atoms with Crippen molar-refractivity contribution in [2.45, 2.75) is 26.3 Å². The van der Waals surface area contributed by atoms with Gasteiger partial charge in [-0.25, -0.2) is 5.01 Å². The van der Waals surface area contributed by atoms with Gasteiger partial charge in [0.05, 0.1) is 11.8 Å². The molecule has 27 heavy (non-hydrogen) atoms. The molecule has 3 heteroatoms. The number of aryl methyl sites for hydroxylation is 1. The zero-order chi connectivity index (χ0) is 18.8. The zero-order valence-electron chi connectivity index (χ0n) is 15.6. The van der Waals surface area contributed by atoms with Crippen LogP contribution in [0.1, 0.15) is 36.1 Å². The highest BCUT2D eigenvalue weighted by Crippen LogP contribution is 2.33. The fourth-order valence-electron chi connectivity index (χ4n) is 3.51. The maximum atomic E-state index is 12.2. The first-order valence-electron chi connectivity index (χ1n) is 9.21. The van der Waals surface area contributed by atoms with Gasteiger partial charge < -0.3 is 0 Å². The summed E-state index contributed by atoms with van der Waals surface area (Å²) in [4.78, 5) is 12.2. The van der Waals surface area contributed by atoms with Gasteiger partial charge in [0, 0.05) is 13.3 Å². The van der Waals surface area contributed by atoms with Gasteiger partial charge in [-0.15, -0.1) is 0 Å². The van der Waals surface area contributed by atoms with Crippen LogP contribution in [0.3, 0.4) is 0 Å². The smallest absolute Gasteiger partial charge is 0.240 e. The third-order valence-corrected chi connectivity index (χ3v) is 5.02. The summed E-state index contributed by atoms with van der Waals surface area (Å²) in [6, 6.07) is 27.0. The highest BCUT2D eigenvalue weighted by Gasteiger charge is 2.31. The van der Waals surface area contributed by atoms with Gasteiger partial charge in [-0.2, -0.15) is 5.10 Å². The van der Waals surface area contributed by atoms with Crippen LogP contribution in [0.4, 0.5) is 0 Å². The molecule has 4 rings (SSSR count). The SMILES string of the molecule is CC(=O)N1N=C(c2ccc(C)cc2)CC1c1ccc(-c2ccccc2)cc1. The average Bonchev–Trinajstić information content (AvgIpc) is 3.15. The standard InChI is InChI=1S/C24H22N2O/c1-17-8-10-21(11-9-17)23-16-24(26(25-23)18(2)27)22-14-12-20(13-15-22)19-6-4-3-5-7-19/h3-15,24H,16H2,1-2H3. The third-order valence-electron chi connectivity index (χ3n) is 5.02. The minimum absolute atomic E-state index is 0.0331. The second kappa shape index (κ2) is 7.20. The van der Waals surface area contributed by atoms with E-state index in [1.807, 2.05) is 18.2 Å². The van der Waals surface area contributed by atoms with Crippen molar-refractivity contribution in [3.05, 3.63) is 95.6 Å². The van der Waals surface area contributed by atoms with Gasteiger partial charge in [0.15, 0.2) is 0 Å². The quantitative estimate of drug-likeness (QED) is 0.623. The lowest BCUT2D eigenvalue weighted by Crippen LogP contribution is -2.24. The number of nitrogens with zero attached hydrogens (tertiary/aromatic N) is 2. The summed E-state index contributed by atoms with van der Waals surface area (Å²) >= 11 is 0. The van der Waals surface area contributed by atoms with Crippen LogP contribution in [0.5, 0.6) is 0 Å². The Morgan fingerprint density at radius 2 is 1.44 bits per heavy atom. The Balaban J connectivity index is 1.61. The number of hydrazone groups is 1. The molecule has 0 radical (unpaired) electrons. The van der Waals surface area contributed by atoms with E-state index in [2.05, 4.69) is 72.7 Å². The predicted octanol–water partition coefficient (Wildman–Crippen LogP) is 5.36. The Hall–Kier alpha value is -3.20. The van der Waals surface area contributed by atoms with Gasteiger partial charge in [0.1, 0.15) is 0 Å². The van der Waals surface area contributed by atoms with Crippen LogP contribution in [0.25, 0.3) is 11.1 Å². The summed E-state index contributed by atoms with van der Waals surface area (Å²) < 4.78 is 0. The van der Waals surface area contributed by atoms with Crippen molar-refractivity contribution in [1.29, 1.82) is 0 Å². The van der Waals surface area contributed by atoms with Crippen molar-refractivity contribution < 1.29 is 4.79 Å². The summed E-state index contributed by atoms with van der Waals surface area (Å²) in [7, 11) is 0. The molecule has 3 aromatic carbocycles. The van der Waals surface area contributed by atoms with Crippen LogP contribution in [0.2, 0.25) is 0 Å². The molecule has 0 aliphatic carbocycles. The van der Waals surface area contributed by atoms with E-state index in [9.17, 15) is 4.79 Å². The highest BCUT2D eigenvalue weighted by molar-refractivity contribution is 6.03. The number of amides is 1. The second-order valence-electron chi connectivity index (χ2n) is 6.98. The van der Waals surface area contributed by atoms with E-state index >= 15 is 0 Å². The van der Waals surface area contributed by atoms with Crippen LogP contribution < -0.4 is 0 Å². The number of benzene rings is 3. The molecule has 1 unspecified atom stereocenters. The lowest BCUT2D eigenvalue weighted by molar-refractivity contribution is -0.130. The molecule has 3 aromatic rings. The fourth-order valence-corrected chi connectivity index (χ4v) is 3.51. The molecular formula is C24H22N2O. The van der Waals surface area contributed by atoms with E-state index in [0.29, 0.717) is 0 Å². The molecule has 0 saturated carbocycles. The molecule has 1 heterocycles. The Morgan fingerprint density at radius 3 is 2.07 bits per heavy atom. The zero-order valence-corrected chi connectivity index (χ0v) is 15.6. The van der Waals surface area contributed by atoms with E-state index in [-0.39, 0.29) is 11.9 Å². The third kappa shape index (κ3) is 3.54. The number of carbonyl (C=O) groups excluding carboxylic acids is 1. The maximum Gasteiger partial charge on any atom is 0.240 e. The van der Waals surface area contributed by atoms with E-state index < -0.39 is 0 Å². The molecule has 1 atom stereocenters. The molecule has 1 aliphatic rings. The van der Waals surface area contributed by atoms with Crippen molar-refractivity contribution in [1.82, 2.24) is 5.01 Å². The molecule has 1 amide bonds. The predicted molar refractivity (Wildman–Crippen MR) is 109 cm³/mol. The van der Waals surface area contributed by atoms with Crippen LogP contribution >= 0.6 is 0 Å². The lowest BCUT2D eigenvalue weighted by Gasteiger charge is -2.20. The van der Waals surface area contributed by atoms with Gasteiger partial charge in [-0.1, -0.05) is 84.4 Å². The number of hydrogen-bond acceptors (Lipinski definition) is 2. The summed E-state index contributed by atoms with van der Waals surface area (Å²) in [5, 5.41) is 6.24. The molecule has 134 valence electrons. The molecule has 0 bridgehead atoms. The van der Waals surface area contributed by atoms with Crippen LogP contribution in [0, 0.1) is 6.92 Å². The monoisotopic (exact) mass is 354 g/mol. The van der Waals surface area contributed by atoms with Gasteiger partial charge >= 0.3 is 0 Å². The van der Waals surface area contributed by atoms with E-state index in [4.69, 9.17) is 0 Å². The number of rotatable bonds is 3. The van der Waals surface area contributed by atoms with Crippen molar-refractivity contribution in [2.75, 3.05) is 0 Å². The largest absolute Gasteiger partial charge is 0.273 e. The van der Waals surface area contributed by atoms with Crippen LogP contribution in [-0.2, 0) is 4.79 Å². The Morgan fingerprint density at radius 1 is 0.852 bits per heavy atom. The van der Waals surface area contributed by atoms with Crippen molar-refractivity contribution in [3.8, 4) is 11.1 Å². The first kappa shape index (κ1) is 17.2. The van der Waals surface area contributed by atoms with Crippen molar-refractivity contribution >= 4 is 11.6 Å². The molecule has 0 fully saturated rings. The van der Waals surface area contributed by atoms with Gasteiger partial charge in [-0.3, -0.25) is 4.79 Å². The number of carbonyl (C=O) groups is 1. The normalized spacial score (nSPS) is 16.3. The first-order valence-corrected chi connectivity index (χ1v) is 9.21. The van der Waals surface area contributed by atoms with E-state index in [1.165, 1.54) is 16.7 Å². The Bertz CT molecular complexity index is 973. The summed E-state index contributed by atoms with van der Waals surface area (Å²) in [6.07, 6.45) is 0.729.